The number of aryl methyl sites for hydroxylation is 1. The Bertz CT molecular complexity index is 393. The van der Waals surface area contributed by atoms with Gasteiger partial charge in [-0.3, -0.25) is 4.79 Å². The van der Waals surface area contributed by atoms with Crippen molar-refractivity contribution in [3.63, 3.8) is 0 Å². The topological polar surface area (TPSA) is 29.1 Å². The van der Waals surface area contributed by atoms with Crippen molar-refractivity contribution in [1.82, 2.24) is 0 Å². The Labute approximate surface area is 118 Å². The van der Waals surface area contributed by atoms with Crippen LogP contribution in [0.2, 0.25) is 0 Å². The normalized spacial score (nSPS) is 12.6. The summed E-state index contributed by atoms with van der Waals surface area (Å²) in [7, 11) is 0. The number of nitrogens with one attached hydrogen (secondary N) is 1. The van der Waals surface area contributed by atoms with Crippen molar-refractivity contribution in [3.05, 3.63) is 27.3 Å². The smallest absolute Gasteiger partial charge is 0.238 e. The molecule has 0 bridgehead atoms. The summed E-state index contributed by atoms with van der Waals surface area (Å²) in [5.74, 6) is 0.291. The van der Waals surface area contributed by atoms with Crippen LogP contribution in [0, 0.1) is 16.4 Å². The SMILES string of the molecule is Cc1ccc(NC(=O)C(Br)C(C)C)cc1I. The van der Waals surface area contributed by atoms with E-state index >= 15 is 0 Å². The van der Waals surface area contributed by atoms with Crippen molar-refractivity contribution in [1.29, 1.82) is 0 Å². The highest BCUT2D eigenvalue weighted by Gasteiger charge is 2.18. The zero-order chi connectivity index (χ0) is 12.3. The second-order valence-corrected chi connectivity index (χ2v) is 6.25. The van der Waals surface area contributed by atoms with E-state index < -0.39 is 0 Å². The monoisotopic (exact) mass is 395 g/mol. The average Bonchev–Trinajstić information content (AvgIpc) is 2.22. The minimum atomic E-state index is -0.147. The van der Waals surface area contributed by atoms with E-state index in [2.05, 4.69) is 50.8 Å². The number of carbonyl (C=O) groups excluding carboxylic acids is 1. The molecular weight excluding hydrogens is 381 g/mol. The van der Waals surface area contributed by atoms with Gasteiger partial charge in [-0.05, 0) is 53.1 Å². The molecule has 0 radical (unpaired) electrons. The molecule has 0 aromatic heterocycles. The summed E-state index contributed by atoms with van der Waals surface area (Å²) in [5.41, 5.74) is 2.07. The van der Waals surface area contributed by atoms with E-state index in [1.165, 1.54) is 5.56 Å². The molecule has 1 rings (SSSR count). The van der Waals surface area contributed by atoms with Gasteiger partial charge in [-0.15, -0.1) is 0 Å². The largest absolute Gasteiger partial charge is 0.325 e. The van der Waals surface area contributed by atoms with Gasteiger partial charge in [0.15, 0.2) is 0 Å². The molecule has 0 spiro atoms. The highest BCUT2D eigenvalue weighted by molar-refractivity contribution is 14.1. The van der Waals surface area contributed by atoms with Gasteiger partial charge in [-0.2, -0.15) is 0 Å². The van der Waals surface area contributed by atoms with Crippen LogP contribution in [0.15, 0.2) is 18.2 Å². The molecule has 0 aliphatic heterocycles. The first-order chi connectivity index (χ1) is 7.41. The minimum absolute atomic E-state index is 0.00894. The van der Waals surface area contributed by atoms with Crippen molar-refractivity contribution >= 4 is 50.1 Å². The molecule has 0 aliphatic carbocycles. The van der Waals surface area contributed by atoms with Crippen LogP contribution < -0.4 is 5.32 Å². The summed E-state index contributed by atoms with van der Waals surface area (Å²) < 4.78 is 1.16. The van der Waals surface area contributed by atoms with Gasteiger partial charge < -0.3 is 5.32 Å². The van der Waals surface area contributed by atoms with Gasteiger partial charge in [0.1, 0.15) is 0 Å². The predicted octanol–water partition coefficient (Wildman–Crippen LogP) is 3.96. The number of hydrogen-bond donors (Lipinski definition) is 1. The Morgan fingerprint density at radius 1 is 1.44 bits per heavy atom. The van der Waals surface area contributed by atoms with E-state index in [0.717, 1.165) is 9.26 Å². The van der Waals surface area contributed by atoms with Gasteiger partial charge >= 0.3 is 0 Å². The standard InChI is InChI=1S/C12H15BrINO/c1-7(2)11(13)12(16)15-9-5-4-8(3)10(14)6-9/h4-7,11H,1-3H3,(H,15,16). The number of amides is 1. The number of hydrogen-bond acceptors (Lipinski definition) is 1. The van der Waals surface area contributed by atoms with Crippen LogP contribution in [-0.2, 0) is 4.79 Å². The molecule has 0 heterocycles. The average molecular weight is 396 g/mol. The molecule has 0 saturated carbocycles. The third-order valence-electron chi connectivity index (χ3n) is 2.28. The van der Waals surface area contributed by atoms with Crippen molar-refractivity contribution < 1.29 is 4.79 Å². The third kappa shape index (κ3) is 3.73. The van der Waals surface area contributed by atoms with Crippen molar-refractivity contribution in [2.75, 3.05) is 5.32 Å². The second kappa shape index (κ2) is 6.00. The summed E-state index contributed by atoms with van der Waals surface area (Å²) in [4.78, 5) is 11.6. The first kappa shape index (κ1) is 14.0. The number of rotatable bonds is 3. The van der Waals surface area contributed by atoms with Gasteiger partial charge in [0.25, 0.3) is 0 Å². The molecule has 4 heteroatoms. The van der Waals surface area contributed by atoms with Crippen LogP contribution in [0.5, 0.6) is 0 Å². The fourth-order valence-corrected chi connectivity index (χ4v) is 1.81. The van der Waals surface area contributed by atoms with Crippen LogP contribution in [0.4, 0.5) is 5.69 Å². The molecule has 0 aliphatic rings. The minimum Gasteiger partial charge on any atom is -0.325 e. The van der Waals surface area contributed by atoms with E-state index in [1.54, 1.807) is 0 Å². The number of carbonyl (C=O) groups is 1. The molecule has 0 saturated heterocycles. The maximum atomic E-state index is 11.8. The lowest BCUT2D eigenvalue weighted by Crippen LogP contribution is -2.27. The van der Waals surface area contributed by atoms with E-state index in [-0.39, 0.29) is 16.7 Å². The highest BCUT2D eigenvalue weighted by Crippen LogP contribution is 2.19. The first-order valence-corrected chi connectivity index (χ1v) is 7.12. The molecule has 1 aromatic rings. The lowest BCUT2D eigenvalue weighted by atomic mass is 10.1. The Kier molecular flexibility index (Phi) is 5.24. The molecular formula is C12H15BrINO. The second-order valence-electron chi connectivity index (χ2n) is 4.10. The first-order valence-electron chi connectivity index (χ1n) is 5.13. The molecule has 16 heavy (non-hydrogen) atoms. The zero-order valence-electron chi connectivity index (χ0n) is 9.55. The van der Waals surface area contributed by atoms with E-state index in [4.69, 9.17) is 0 Å². The van der Waals surface area contributed by atoms with Gasteiger partial charge in [0, 0.05) is 9.26 Å². The third-order valence-corrected chi connectivity index (χ3v) is 4.91. The molecule has 88 valence electrons. The summed E-state index contributed by atoms with van der Waals surface area (Å²) in [6.45, 7) is 6.07. The number of benzene rings is 1. The Morgan fingerprint density at radius 2 is 2.06 bits per heavy atom. The quantitative estimate of drug-likeness (QED) is 0.609. The molecule has 1 aromatic carbocycles. The predicted molar refractivity (Wildman–Crippen MR) is 80.1 cm³/mol. The van der Waals surface area contributed by atoms with Gasteiger partial charge in [0.2, 0.25) is 5.91 Å². The molecule has 1 unspecified atom stereocenters. The van der Waals surface area contributed by atoms with Crippen LogP contribution in [-0.4, -0.2) is 10.7 Å². The van der Waals surface area contributed by atoms with Crippen molar-refractivity contribution in [3.8, 4) is 0 Å². The van der Waals surface area contributed by atoms with E-state index in [9.17, 15) is 4.79 Å². The number of anilines is 1. The summed E-state index contributed by atoms with van der Waals surface area (Å²) in [6, 6.07) is 5.92. The lowest BCUT2D eigenvalue weighted by Gasteiger charge is -2.14. The molecule has 1 atom stereocenters. The maximum Gasteiger partial charge on any atom is 0.238 e. The highest BCUT2D eigenvalue weighted by atomic mass is 127. The zero-order valence-corrected chi connectivity index (χ0v) is 13.3. The van der Waals surface area contributed by atoms with Crippen LogP contribution in [0.1, 0.15) is 19.4 Å². The summed E-state index contributed by atoms with van der Waals surface area (Å²) in [5, 5.41) is 2.90. The Hall–Kier alpha value is -0.100. The van der Waals surface area contributed by atoms with Gasteiger partial charge in [-0.25, -0.2) is 0 Å². The molecule has 1 amide bonds. The number of alkyl halides is 1. The van der Waals surface area contributed by atoms with Crippen LogP contribution in [0.25, 0.3) is 0 Å². The molecule has 1 N–H and O–H groups in total. The fraction of sp³-hybridized carbons (Fsp3) is 0.417. The van der Waals surface area contributed by atoms with Gasteiger partial charge in [0.05, 0.1) is 4.83 Å². The molecule has 2 nitrogen and oxygen atoms in total. The van der Waals surface area contributed by atoms with E-state index in [0.29, 0.717) is 0 Å². The van der Waals surface area contributed by atoms with E-state index in [1.807, 2.05) is 32.0 Å². The maximum absolute atomic E-state index is 11.8. The van der Waals surface area contributed by atoms with Gasteiger partial charge in [-0.1, -0.05) is 35.8 Å². The Morgan fingerprint density at radius 3 is 2.56 bits per heavy atom. The number of halogens is 2. The van der Waals surface area contributed by atoms with Crippen molar-refractivity contribution in [2.24, 2.45) is 5.92 Å². The summed E-state index contributed by atoms with van der Waals surface area (Å²) in [6.07, 6.45) is 0. The van der Waals surface area contributed by atoms with Crippen molar-refractivity contribution in [2.45, 2.75) is 25.6 Å². The lowest BCUT2D eigenvalue weighted by molar-refractivity contribution is -0.116. The summed E-state index contributed by atoms with van der Waals surface area (Å²) >= 11 is 5.65. The van der Waals surface area contributed by atoms with Crippen LogP contribution >= 0.6 is 38.5 Å². The van der Waals surface area contributed by atoms with Crippen LogP contribution in [0.3, 0.4) is 0 Å². The Balaban J connectivity index is 2.74. The molecule has 0 fully saturated rings. The fourth-order valence-electron chi connectivity index (χ4n) is 1.18.